The molecule has 63 heavy (non-hydrogen) atoms. The number of benzene rings is 3. The van der Waals surface area contributed by atoms with E-state index in [1.54, 1.807) is 42.9 Å². The number of H-pyrrole nitrogens is 1. The summed E-state index contributed by atoms with van der Waals surface area (Å²) < 4.78 is 34.5. The number of rotatable bonds is 9. The zero-order valence-electron chi connectivity index (χ0n) is 35.9. The molecule has 0 radical (unpaired) electrons. The molecule has 3 aliphatic heterocycles. The standard InChI is InChI=1S/C47H49FN8O7/c1-26-19-34(20-27(2)39(26)48)55-41(57)36-11-14-53(29(4)40(36)49-44(55)54-16-15-52(46(54)60)25-30-7-6-8-35(21-30)61-5)42(58)38-23-33-22-32(31-12-17-62-18-13-31)9-10-37(33)56(38)47(24-28(47)3)43-50-45(59)63-51-43/h6-10,19-23,28-29,31H,11-18,24-25H2,1-5H3,(H,50,51,59)/t28-,29-,47-/m1/s1. The number of aromatic amines is 1. The number of aromatic nitrogens is 5. The Balaban J connectivity index is 1.07. The number of aryl methyl sites for hydroxylation is 2. The van der Waals surface area contributed by atoms with Gasteiger partial charge < -0.3 is 23.8 Å². The number of carbonyl (C=O) groups excluding carboxylic acids is 2. The van der Waals surface area contributed by atoms with Crippen LogP contribution in [-0.4, -0.2) is 86.0 Å². The van der Waals surface area contributed by atoms with Crippen LogP contribution in [0.4, 0.5) is 15.1 Å². The molecule has 0 bridgehead atoms. The molecule has 6 aromatic rings. The van der Waals surface area contributed by atoms with Crippen molar-refractivity contribution in [2.45, 2.75) is 77.4 Å². The van der Waals surface area contributed by atoms with Gasteiger partial charge in [-0.05, 0) is 123 Å². The predicted octanol–water partition coefficient (Wildman–Crippen LogP) is 6.51. The van der Waals surface area contributed by atoms with Crippen LogP contribution in [0.5, 0.6) is 5.75 Å². The fourth-order valence-corrected chi connectivity index (χ4v) is 10.2. The number of fused-ring (bicyclic) bond motifs is 2. The smallest absolute Gasteiger partial charge is 0.438 e. The van der Waals surface area contributed by atoms with Gasteiger partial charge in [-0.2, -0.15) is 0 Å². The van der Waals surface area contributed by atoms with E-state index < -0.39 is 17.3 Å². The Morgan fingerprint density at radius 3 is 2.44 bits per heavy atom. The number of hydrogen-bond acceptors (Lipinski definition) is 9. The van der Waals surface area contributed by atoms with Crippen LogP contribution in [0.3, 0.4) is 0 Å². The predicted molar refractivity (Wildman–Crippen MR) is 231 cm³/mol. The number of methoxy groups -OCH3 is 1. The first kappa shape index (κ1) is 40.5. The Labute approximate surface area is 362 Å². The van der Waals surface area contributed by atoms with Gasteiger partial charge in [-0.1, -0.05) is 30.3 Å². The van der Waals surface area contributed by atoms with Crippen LogP contribution >= 0.6 is 0 Å². The first-order valence-corrected chi connectivity index (χ1v) is 21.6. The lowest BCUT2D eigenvalue weighted by Gasteiger charge is -2.36. The van der Waals surface area contributed by atoms with E-state index in [9.17, 15) is 14.4 Å². The van der Waals surface area contributed by atoms with Crippen molar-refractivity contribution in [3.05, 3.63) is 132 Å². The summed E-state index contributed by atoms with van der Waals surface area (Å²) in [5.41, 5.74) is 3.97. The molecular weight excluding hydrogens is 808 g/mol. The van der Waals surface area contributed by atoms with Crippen LogP contribution in [0, 0.1) is 25.6 Å². The lowest BCUT2D eigenvalue weighted by molar-refractivity contribution is 0.0658. The zero-order valence-corrected chi connectivity index (χ0v) is 35.9. The third-order valence-corrected chi connectivity index (χ3v) is 13.7. The van der Waals surface area contributed by atoms with Gasteiger partial charge in [0.25, 0.3) is 11.5 Å². The maximum atomic E-state index is 15.3. The molecule has 326 valence electrons. The second-order valence-electron chi connectivity index (χ2n) is 17.5. The number of amides is 3. The maximum Gasteiger partial charge on any atom is 0.438 e. The van der Waals surface area contributed by atoms with E-state index in [0.717, 1.165) is 29.3 Å². The van der Waals surface area contributed by atoms with Gasteiger partial charge in [-0.15, -0.1) is 0 Å². The van der Waals surface area contributed by atoms with Crippen molar-refractivity contribution in [2.75, 3.05) is 44.9 Å². The summed E-state index contributed by atoms with van der Waals surface area (Å²) in [6, 6.07) is 17.9. The average Bonchev–Trinajstić information content (AvgIpc) is 3.58. The minimum atomic E-state index is -0.840. The van der Waals surface area contributed by atoms with Gasteiger partial charge in [0.1, 0.15) is 22.8 Å². The van der Waals surface area contributed by atoms with Gasteiger partial charge >= 0.3 is 11.8 Å². The minimum absolute atomic E-state index is 0.0120. The summed E-state index contributed by atoms with van der Waals surface area (Å²) >= 11 is 0. The topological polar surface area (TPSA) is 161 Å². The highest BCUT2D eigenvalue weighted by Gasteiger charge is 2.59. The quantitative estimate of drug-likeness (QED) is 0.171. The fourth-order valence-electron chi connectivity index (χ4n) is 10.2. The average molecular weight is 857 g/mol. The zero-order chi connectivity index (χ0) is 43.9. The van der Waals surface area contributed by atoms with Crippen molar-refractivity contribution in [1.29, 1.82) is 0 Å². The van der Waals surface area contributed by atoms with Crippen LogP contribution < -0.4 is 21.0 Å². The van der Waals surface area contributed by atoms with Crippen molar-refractivity contribution in [3.63, 3.8) is 0 Å². The fraction of sp³-hybridized carbons (Fsp3) is 0.404. The highest BCUT2D eigenvalue weighted by molar-refractivity contribution is 6.00. The Morgan fingerprint density at radius 2 is 1.75 bits per heavy atom. The molecule has 4 aliphatic rings. The first-order valence-electron chi connectivity index (χ1n) is 21.6. The normalized spacial score (nSPS) is 21.4. The molecule has 1 aliphatic carbocycles. The van der Waals surface area contributed by atoms with Gasteiger partial charge in [-0.25, -0.2) is 23.5 Å². The third-order valence-electron chi connectivity index (χ3n) is 13.7. The number of urea groups is 1. The van der Waals surface area contributed by atoms with Gasteiger partial charge in [0.2, 0.25) is 5.95 Å². The lowest BCUT2D eigenvalue weighted by atomic mass is 9.91. The van der Waals surface area contributed by atoms with Crippen LogP contribution in [-0.2, 0) is 23.2 Å². The SMILES string of the molecule is COc1cccc(CN2CCN(c3nc4c(c(=O)n3-c3cc(C)c(F)c(C)c3)CCN(C(=O)c3cc5cc(C6CCOCC6)ccc5n3[C@]3(c5noc(=O)[nH]5)C[C@H]3C)[C@@H]4C)C2=O)c1. The Kier molecular flexibility index (Phi) is 9.88. The second kappa shape index (κ2) is 15.4. The van der Waals surface area contributed by atoms with Crippen LogP contribution in [0.25, 0.3) is 16.6 Å². The monoisotopic (exact) mass is 856 g/mol. The van der Waals surface area contributed by atoms with Crippen LogP contribution in [0.1, 0.15) is 94.9 Å². The van der Waals surface area contributed by atoms with E-state index >= 15 is 9.18 Å². The van der Waals surface area contributed by atoms with Crippen molar-refractivity contribution in [2.24, 2.45) is 5.92 Å². The number of nitrogens with zero attached hydrogens (tertiary/aromatic N) is 7. The Morgan fingerprint density at radius 1 is 0.984 bits per heavy atom. The van der Waals surface area contributed by atoms with E-state index in [4.69, 9.17) is 19.0 Å². The largest absolute Gasteiger partial charge is 0.497 e. The number of anilines is 1. The lowest BCUT2D eigenvalue weighted by Crippen LogP contribution is -2.45. The van der Waals surface area contributed by atoms with Gasteiger partial charge in [0.05, 0.1) is 24.5 Å². The van der Waals surface area contributed by atoms with E-state index in [1.807, 2.05) is 41.8 Å². The van der Waals surface area contributed by atoms with Crippen molar-refractivity contribution >= 4 is 28.8 Å². The Hall–Kier alpha value is -6.55. The number of nitrogens with one attached hydrogen (secondary N) is 1. The van der Waals surface area contributed by atoms with Crippen molar-refractivity contribution < 1.29 is 28.0 Å². The summed E-state index contributed by atoms with van der Waals surface area (Å²) in [6.45, 7) is 9.70. The molecule has 1 saturated carbocycles. The van der Waals surface area contributed by atoms with E-state index in [1.165, 1.54) is 15.0 Å². The van der Waals surface area contributed by atoms with Crippen LogP contribution in [0.2, 0.25) is 0 Å². The Bertz CT molecular complexity index is 2920. The number of ether oxygens (including phenoxy) is 2. The minimum Gasteiger partial charge on any atom is -0.497 e. The molecule has 6 heterocycles. The highest BCUT2D eigenvalue weighted by atomic mass is 19.1. The number of halogens is 1. The molecule has 15 nitrogen and oxygen atoms in total. The molecule has 3 aromatic carbocycles. The van der Waals surface area contributed by atoms with E-state index in [0.29, 0.717) is 84.0 Å². The molecular formula is C47H49FN8O7. The highest BCUT2D eigenvalue weighted by Crippen LogP contribution is 2.56. The third kappa shape index (κ3) is 6.64. The first-order chi connectivity index (χ1) is 30.4. The summed E-state index contributed by atoms with van der Waals surface area (Å²) in [7, 11) is 1.59. The van der Waals surface area contributed by atoms with E-state index in [2.05, 4.69) is 35.3 Å². The summed E-state index contributed by atoms with van der Waals surface area (Å²) in [4.78, 5) is 69.7. The van der Waals surface area contributed by atoms with Crippen molar-refractivity contribution in [1.82, 2.24) is 34.1 Å². The summed E-state index contributed by atoms with van der Waals surface area (Å²) in [5, 5.41) is 5.03. The molecule has 3 amide bonds. The number of carbonyl (C=O) groups is 2. The molecule has 16 heteroatoms. The molecule has 2 saturated heterocycles. The number of hydrogen-bond donors (Lipinski definition) is 1. The molecule has 3 fully saturated rings. The van der Waals surface area contributed by atoms with Gasteiger partial charge in [0.15, 0.2) is 5.82 Å². The summed E-state index contributed by atoms with van der Waals surface area (Å²) in [6.07, 6.45) is 2.62. The van der Waals surface area contributed by atoms with Gasteiger partial charge in [0, 0.05) is 55.9 Å². The van der Waals surface area contributed by atoms with Crippen LogP contribution in [0.15, 0.2) is 74.8 Å². The van der Waals surface area contributed by atoms with E-state index in [-0.39, 0.29) is 54.7 Å². The molecule has 0 spiro atoms. The molecule has 0 unspecified atom stereocenters. The summed E-state index contributed by atoms with van der Waals surface area (Å²) in [5.74, 6) is 0.135. The molecule has 10 rings (SSSR count). The molecule has 1 N–H and O–H groups in total. The second-order valence-corrected chi connectivity index (χ2v) is 17.5. The molecule has 3 aromatic heterocycles. The van der Waals surface area contributed by atoms with Crippen molar-refractivity contribution in [3.8, 4) is 11.4 Å². The van der Waals surface area contributed by atoms with Gasteiger partial charge in [-0.3, -0.25) is 24.0 Å². The molecule has 3 atom stereocenters. The maximum absolute atomic E-state index is 15.3.